The van der Waals surface area contributed by atoms with Crippen molar-refractivity contribution in [3.05, 3.63) is 35.9 Å². The third-order valence-corrected chi connectivity index (χ3v) is 2.65. The van der Waals surface area contributed by atoms with Crippen LogP contribution in [0.1, 0.15) is 18.4 Å². The third kappa shape index (κ3) is 4.47. The fraction of sp³-hybridized carbons (Fsp3) is 0.333. The van der Waals surface area contributed by atoms with E-state index in [0.29, 0.717) is 0 Å². The van der Waals surface area contributed by atoms with E-state index in [1.54, 1.807) is 21.0 Å². The van der Waals surface area contributed by atoms with Gasteiger partial charge in [0, 0.05) is 20.6 Å². The molecule has 100 valence electrons. The van der Waals surface area contributed by atoms with Gasteiger partial charge in [-0.05, 0) is 18.4 Å². The van der Waals surface area contributed by atoms with E-state index in [2.05, 4.69) is 17.2 Å². The summed E-state index contributed by atoms with van der Waals surface area (Å²) in [6.07, 6.45) is 0. The predicted octanol–water partition coefficient (Wildman–Crippen LogP) is 0.998. The Morgan fingerprint density at radius 2 is 1.89 bits per heavy atom. The second kappa shape index (κ2) is 7.22. The molecule has 1 aromatic carbocycles. The number of rotatable bonds is 4. The highest BCUT2D eigenvalue weighted by Gasteiger charge is 2.22. The van der Waals surface area contributed by atoms with Crippen molar-refractivity contribution in [3.63, 3.8) is 0 Å². The quantitative estimate of drug-likeness (QED) is 0.819. The molecule has 0 aliphatic carbocycles. The van der Waals surface area contributed by atoms with Crippen LogP contribution >= 0.6 is 0 Å². The molecule has 0 aromatic heterocycles. The first-order valence-electron chi connectivity index (χ1n) is 6.03. The van der Waals surface area contributed by atoms with Gasteiger partial charge in [0.1, 0.15) is 0 Å². The van der Waals surface area contributed by atoms with Crippen LogP contribution in [0.2, 0.25) is 0 Å². The van der Waals surface area contributed by atoms with Crippen molar-refractivity contribution >= 4 is 11.8 Å². The van der Waals surface area contributed by atoms with Crippen molar-refractivity contribution in [2.45, 2.75) is 12.8 Å². The molecule has 0 bridgehead atoms. The van der Waals surface area contributed by atoms with Gasteiger partial charge in [0.25, 0.3) is 5.91 Å². The Bertz CT molecular complexity index is 498. The average molecular weight is 258 g/mol. The minimum absolute atomic E-state index is 0.0454. The molecule has 1 atom stereocenters. The normalized spacial score (nSPS) is 10.9. The maximum atomic E-state index is 12.2. The van der Waals surface area contributed by atoms with E-state index >= 15 is 0 Å². The average Bonchev–Trinajstić information content (AvgIpc) is 2.40. The summed E-state index contributed by atoms with van der Waals surface area (Å²) in [6.45, 7) is 1.84. The summed E-state index contributed by atoms with van der Waals surface area (Å²) in [6, 6.07) is 9.40. The fourth-order valence-corrected chi connectivity index (χ4v) is 1.70. The summed E-state index contributed by atoms with van der Waals surface area (Å²) in [5.74, 6) is 4.12. The molecule has 0 saturated heterocycles. The zero-order valence-corrected chi connectivity index (χ0v) is 11.4. The van der Waals surface area contributed by atoms with E-state index in [-0.39, 0.29) is 24.3 Å². The molecule has 0 spiro atoms. The number of hydrogen-bond acceptors (Lipinski definition) is 2. The van der Waals surface area contributed by atoms with Gasteiger partial charge in [-0.2, -0.15) is 0 Å². The summed E-state index contributed by atoms with van der Waals surface area (Å²) in [5, 5.41) is 2.66. The van der Waals surface area contributed by atoms with Gasteiger partial charge in [-0.1, -0.05) is 36.3 Å². The van der Waals surface area contributed by atoms with Crippen molar-refractivity contribution in [1.82, 2.24) is 10.2 Å². The molecule has 1 N–H and O–H groups in total. The third-order valence-electron chi connectivity index (χ3n) is 2.65. The van der Waals surface area contributed by atoms with Crippen molar-refractivity contribution in [2.24, 2.45) is 0 Å². The number of carbonyl (C=O) groups excluding carboxylic acids is 2. The van der Waals surface area contributed by atoms with Crippen LogP contribution in [0, 0.1) is 11.8 Å². The summed E-state index contributed by atoms with van der Waals surface area (Å²) in [4.78, 5) is 25.0. The van der Waals surface area contributed by atoms with Crippen LogP contribution in [0.25, 0.3) is 0 Å². The molecule has 1 unspecified atom stereocenters. The highest BCUT2D eigenvalue weighted by molar-refractivity contribution is 5.94. The Morgan fingerprint density at radius 3 is 2.42 bits per heavy atom. The van der Waals surface area contributed by atoms with E-state index < -0.39 is 0 Å². The number of nitrogens with zero attached hydrogens (tertiary/aromatic N) is 1. The molecule has 4 nitrogen and oxygen atoms in total. The minimum atomic E-state index is -0.390. The molecule has 0 heterocycles. The molecule has 1 aromatic rings. The number of nitrogens with one attached hydrogen (secondary N) is 1. The van der Waals surface area contributed by atoms with Crippen LogP contribution in [0.4, 0.5) is 0 Å². The van der Waals surface area contributed by atoms with Gasteiger partial charge >= 0.3 is 0 Å². The smallest absolute Gasteiger partial charge is 0.295 e. The van der Waals surface area contributed by atoms with E-state index in [1.165, 1.54) is 4.90 Å². The number of benzene rings is 1. The standard InChI is InChI=1S/C15H18N2O2/c1-4-8-14(18)16-11-13(15(19)17(2)3)12-9-6-5-7-10-12/h5-7,9-10,13H,11H2,1-3H3,(H,16,18). The zero-order valence-electron chi connectivity index (χ0n) is 11.4. The number of carbonyl (C=O) groups is 2. The lowest BCUT2D eigenvalue weighted by Gasteiger charge is -2.20. The number of hydrogen-bond donors (Lipinski definition) is 1. The summed E-state index contributed by atoms with van der Waals surface area (Å²) in [7, 11) is 3.40. The summed E-state index contributed by atoms with van der Waals surface area (Å²) < 4.78 is 0. The summed E-state index contributed by atoms with van der Waals surface area (Å²) >= 11 is 0. The Balaban J connectivity index is 2.84. The van der Waals surface area contributed by atoms with Gasteiger partial charge in [0.15, 0.2) is 0 Å². The van der Waals surface area contributed by atoms with Crippen LogP contribution < -0.4 is 5.32 Å². The van der Waals surface area contributed by atoms with Crippen molar-refractivity contribution in [3.8, 4) is 11.8 Å². The maximum absolute atomic E-state index is 12.2. The lowest BCUT2D eigenvalue weighted by atomic mass is 9.97. The van der Waals surface area contributed by atoms with Crippen molar-refractivity contribution < 1.29 is 9.59 Å². The van der Waals surface area contributed by atoms with E-state index in [0.717, 1.165) is 5.56 Å². The fourth-order valence-electron chi connectivity index (χ4n) is 1.70. The minimum Gasteiger partial charge on any atom is -0.348 e. The SMILES string of the molecule is CC#CC(=O)NCC(C(=O)N(C)C)c1ccccc1. The van der Waals surface area contributed by atoms with Crippen LogP contribution in [-0.4, -0.2) is 37.4 Å². The number of likely N-dealkylation sites (N-methyl/N-ethyl adjacent to an activating group) is 1. The second-order valence-corrected chi connectivity index (χ2v) is 4.28. The van der Waals surface area contributed by atoms with Gasteiger partial charge in [0.2, 0.25) is 5.91 Å². The molecule has 0 aliphatic heterocycles. The molecule has 0 radical (unpaired) electrons. The van der Waals surface area contributed by atoms with Gasteiger partial charge in [0.05, 0.1) is 5.92 Å². The van der Waals surface area contributed by atoms with Gasteiger partial charge in [-0.25, -0.2) is 0 Å². The molecular formula is C15H18N2O2. The second-order valence-electron chi connectivity index (χ2n) is 4.28. The first-order valence-corrected chi connectivity index (χ1v) is 6.03. The van der Waals surface area contributed by atoms with Crippen LogP contribution in [0.5, 0.6) is 0 Å². The van der Waals surface area contributed by atoms with E-state index in [9.17, 15) is 9.59 Å². The van der Waals surface area contributed by atoms with Crippen molar-refractivity contribution in [1.29, 1.82) is 0 Å². The van der Waals surface area contributed by atoms with Gasteiger partial charge in [-0.15, -0.1) is 0 Å². The number of amides is 2. The van der Waals surface area contributed by atoms with Crippen LogP contribution in [0.3, 0.4) is 0 Å². The Hall–Kier alpha value is -2.28. The van der Waals surface area contributed by atoms with E-state index in [4.69, 9.17) is 0 Å². The predicted molar refractivity (Wildman–Crippen MR) is 74.3 cm³/mol. The molecule has 19 heavy (non-hydrogen) atoms. The monoisotopic (exact) mass is 258 g/mol. The van der Waals surface area contributed by atoms with Gasteiger partial charge in [-0.3, -0.25) is 9.59 Å². The van der Waals surface area contributed by atoms with Gasteiger partial charge < -0.3 is 10.2 Å². The summed E-state index contributed by atoms with van der Waals surface area (Å²) in [5.41, 5.74) is 0.881. The Morgan fingerprint density at radius 1 is 1.26 bits per heavy atom. The van der Waals surface area contributed by atoms with Crippen LogP contribution in [-0.2, 0) is 9.59 Å². The molecule has 2 amide bonds. The first-order chi connectivity index (χ1) is 9.06. The largest absolute Gasteiger partial charge is 0.348 e. The molecule has 0 aliphatic rings. The molecule has 0 saturated carbocycles. The molecule has 1 rings (SSSR count). The van der Waals surface area contributed by atoms with E-state index in [1.807, 2.05) is 30.3 Å². The first kappa shape index (κ1) is 14.8. The van der Waals surface area contributed by atoms with Crippen molar-refractivity contribution in [2.75, 3.05) is 20.6 Å². The topological polar surface area (TPSA) is 49.4 Å². The Labute approximate surface area is 113 Å². The lowest BCUT2D eigenvalue weighted by molar-refractivity contribution is -0.130. The molecular weight excluding hydrogens is 240 g/mol. The highest BCUT2D eigenvalue weighted by atomic mass is 16.2. The Kier molecular flexibility index (Phi) is 5.62. The molecule has 0 fully saturated rings. The zero-order chi connectivity index (χ0) is 14.3. The van der Waals surface area contributed by atoms with Crippen LogP contribution in [0.15, 0.2) is 30.3 Å². The highest BCUT2D eigenvalue weighted by Crippen LogP contribution is 2.16. The maximum Gasteiger partial charge on any atom is 0.295 e. The molecule has 4 heteroatoms. The lowest BCUT2D eigenvalue weighted by Crippen LogP contribution is -2.36.